The van der Waals surface area contributed by atoms with Crippen molar-refractivity contribution in [1.29, 1.82) is 0 Å². The van der Waals surface area contributed by atoms with E-state index in [1.54, 1.807) is 0 Å². The third kappa shape index (κ3) is 5.38. The number of aromatic nitrogens is 1. The van der Waals surface area contributed by atoms with Gasteiger partial charge in [-0.25, -0.2) is 0 Å². The van der Waals surface area contributed by atoms with Gasteiger partial charge in [-0.1, -0.05) is 30.3 Å². The number of aryl methyl sites for hydroxylation is 2. The van der Waals surface area contributed by atoms with Crippen LogP contribution in [0.1, 0.15) is 54.6 Å². The molecule has 1 aromatic carbocycles. The molecule has 2 atom stereocenters. The molecule has 3 rings (SSSR count). The minimum atomic E-state index is 0.0508. The number of rotatable bonds is 9. The van der Waals surface area contributed by atoms with Crippen LogP contribution in [0.15, 0.2) is 42.6 Å². The lowest BCUT2D eigenvalue weighted by Gasteiger charge is -2.32. The highest BCUT2D eigenvalue weighted by atomic mass is 16.5. The fourth-order valence-corrected chi connectivity index (χ4v) is 4.08. The summed E-state index contributed by atoms with van der Waals surface area (Å²) in [5.41, 5.74) is 4.75. The third-order valence-corrected chi connectivity index (χ3v) is 5.55. The van der Waals surface area contributed by atoms with E-state index in [1.165, 1.54) is 24.0 Å². The molecule has 2 aromatic rings. The van der Waals surface area contributed by atoms with Crippen molar-refractivity contribution in [3.63, 3.8) is 0 Å². The zero-order valence-corrected chi connectivity index (χ0v) is 16.6. The molecule has 2 unspecified atom stereocenters. The van der Waals surface area contributed by atoms with E-state index in [9.17, 15) is 5.11 Å². The number of nitrogens with zero attached hydrogens (tertiary/aromatic N) is 2. The van der Waals surface area contributed by atoms with Gasteiger partial charge >= 0.3 is 0 Å². The Bertz CT molecular complexity index is 702. The Morgan fingerprint density at radius 3 is 2.85 bits per heavy atom. The third-order valence-electron chi connectivity index (χ3n) is 5.55. The van der Waals surface area contributed by atoms with Crippen molar-refractivity contribution in [2.75, 3.05) is 19.8 Å². The molecule has 0 saturated carbocycles. The number of aliphatic hydroxyl groups is 1. The lowest BCUT2D eigenvalue weighted by Crippen LogP contribution is -2.35. The van der Waals surface area contributed by atoms with Crippen LogP contribution >= 0.6 is 0 Å². The predicted molar refractivity (Wildman–Crippen MR) is 109 cm³/mol. The van der Waals surface area contributed by atoms with Crippen molar-refractivity contribution >= 4 is 0 Å². The van der Waals surface area contributed by atoms with Crippen LogP contribution < -0.4 is 0 Å². The predicted octanol–water partition coefficient (Wildman–Crippen LogP) is 4.06. The highest BCUT2D eigenvalue weighted by Crippen LogP contribution is 2.31. The van der Waals surface area contributed by atoms with E-state index in [2.05, 4.69) is 40.2 Å². The van der Waals surface area contributed by atoms with E-state index in [1.807, 2.05) is 26.1 Å². The summed E-state index contributed by atoms with van der Waals surface area (Å²) in [6, 6.07) is 13.4. The number of ether oxygens (including phenoxy) is 1. The maximum Gasteiger partial charge on any atom is 0.0716 e. The number of hydrogen-bond donors (Lipinski definition) is 1. The van der Waals surface area contributed by atoms with Crippen LogP contribution in [-0.4, -0.2) is 40.8 Å². The molecule has 0 amide bonds. The molecule has 146 valence electrons. The molecule has 4 heteroatoms. The van der Waals surface area contributed by atoms with Gasteiger partial charge in [-0.3, -0.25) is 9.88 Å². The summed E-state index contributed by atoms with van der Waals surface area (Å²) in [5, 5.41) is 10.0. The van der Waals surface area contributed by atoms with Gasteiger partial charge in [-0.15, -0.1) is 0 Å². The summed E-state index contributed by atoms with van der Waals surface area (Å²) in [6.45, 7) is 6.65. The zero-order chi connectivity index (χ0) is 19.1. The molecule has 2 heterocycles. The smallest absolute Gasteiger partial charge is 0.0716 e. The molecule has 0 spiro atoms. The van der Waals surface area contributed by atoms with E-state index in [0.717, 1.165) is 37.3 Å². The van der Waals surface area contributed by atoms with Crippen LogP contribution in [0.25, 0.3) is 0 Å². The van der Waals surface area contributed by atoms with Gasteiger partial charge < -0.3 is 9.84 Å². The molecule has 27 heavy (non-hydrogen) atoms. The quantitative estimate of drug-likeness (QED) is 0.725. The molecule has 1 N–H and O–H groups in total. The molecule has 1 aliphatic rings. The van der Waals surface area contributed by atoms with Crippen LogP contribution in [0.2, 0.25) is 0 Å². The molecule has 1 aliphatic heterocycles. The Labute approximate surface area is 163 Å². The second-order valence-electron chi connectivity index (χ2n) is 7.46. The van der Waals surface area contributed by atoms with E-state index in [4.69, 9.17) is 4.74 Å². The average molecular weight is 369 g/mol. The molecule has 1 fully saturated rings. The number of hydrogen-bond acceptors (Lipinski definition) is 4. The lowest BCUT2D eigenvalue weighted by atomic mass is 10.00. The highest BCUT2D eigenvalue weighted by Gasteiger charge is 2.31. The van der Waals surface area contributed by atoms with Crippen LogP contribution in [-0.2, 0) is 17.8 Å². The number of aliphatic hydroxyl groups excluding tert-OH is 1. The first-order valence-corrected chi connectivity index (χ1v) is 10.2. The van der Waals surface area contributed by atoms with Crippen LogP contribution in [0.3, 0.4) is 0 Å². The standard InChI is InChI=1S/C23H32N2O2/c1-3-27-17-20-7-4-6-19(14-20)10-12-22-8-5-13-25(22)23(16-26)21-11-9-18(2)24-15-21/h4,6-7,9,11,14-15,22-23,26H,3,5,8,10,12-13,16-17H2,1-2H3. The van der Waals surface area contributed by atoms with E-state index in [0.29, 0.717) is 12.6 Å². The van der Waals surface area contributed by atoms with E-state index in [-0.39, 0.29) is 12.6 Å². The average Bonchev–Trinajstić information content (AvgIpc) is 3.15. The van der Waals surface area contributed by atoms with Crippen molar-refractivity contribution < 1.29 is 9.84 Å². The topological polar surface area (TPSA) is 45.6 Å². The van der Waals surface area contributed by atoms with Crippen molar-refractivity contribution in [3.05, 3.63) is 65.0 Å². The summed E-state index contributed by atoms with van der Waals surface area (Å²) < 4.78 is 5.53. The van der Waals surface area contributed by atoms with Crippen molar-refractivity contribution in [3.8, 4) is 0 Å². The minimum absolute atomic E-state index is 0.0508. The maximum atomic E-state index is 10.0. The maximum absolute atomic E-state index is 10.0. The Hall–Kier alpha value is -1.75. The molecule has 1 saturated heterocycles. The molecular formula is C23H32N2O2. The molecular weight excluding hydrogens is 336 g/mol. The normalized spacial score (nSPS) is 18.7. The molecule has 4 nitrogen and oxygen atoms in total. The summed E-state index contributed by atoms with van der Waals surface area (Å²) in [6.07, 6.45) is 6.50. The largest absolute Gasteiger partial charge is 0.394 e. The summed E-state index contributed by atoms with van der Waals surface area (Å²) in [7, 11) is 0. The fourth-order valence-electron chi connectivity index (χ4n) is 4.08. The van der Waals surface area contributed by atoms with Crippen LogP contribution in [0.4, 0.5) is 0 Å². The number of pyridine rings is 1. The van der Waals surface area contributed by atoms with Crippen molar-refractivity contribution in [2.45, 2.75) is 58.2 Å². The fraction of sp³-hybridized carbons (Fsp3) is 0.522. The second-order valence-corrected chi connectivity index (χ2v) is 7.46. The SMILES string of the molecule is CCOCc1cccc(CCC2CCCN2C(CO)c2ccc(C)nc2)c1. The number of benzene rings is 1. The molecule has 0 radical (unpaired) electrons. The first-order valence-electron chi connectivity index (χ1n) is 10.2. The van der Waals surface area contributed by atoms with Gasteiger partial charge in [0, 0.05) is 24.5 Å². The molecule has 0 bridgehead atoms. The van der Waals surface area contributed by atoms with Crippen LogP contribution in [0.5, 0.6) is 0 Å². The molecule has 1 aromatic heterocycles. The van der Waals surface area contributed by atoms with E-state index < -0.39 is 0 Å². The van der Waals surface area contributed by atoms with Gasteiger partial charge in [0.15, 0.2) is 0 Å². The Kier molecular flexibility index (Phi) is 7.39. The zero-order valence-electron chi connectivity index (χ0n) is 16.6. The van der Waals surface area contributed by atoms with Crippen LogP contribution in [0, 0.1) is 6.92 Å². The van der Waals surface area contributed by atoms with E-state index >= 15 is 0 Å². The first kappa shape index (κ1) is 20.0. The second kappa shape index (κ2) is 9.98. The number of likely N-dealkylation sites (tertiary alicyclic amines) is 1. The van der Waals surface area contributed by atoms with Crippen molar-refractivity contribution in [2.24, 2.45) is 0 Å². The lowest BCUT2D eigenvalue weighted by molar-refractivity contribution is 0.108. The molecule has 0 aliphatic carbocycles. The minimum Gasteiger partial charge on any atom is -0.394 e. The van der Waals surface area contributed by atoms with Crippen molar-refractivity contribution in [1.82, 2.24) is 9.88 Å². The van der Waals surface area contributed by atoms with Gasteiger partial charge in [0.05, 0.1) is 19.3 Å². The van der Waals surface area contributed by atoms with Gasteiger partial charge in [0.1, 0.15) is 0 Å². The van der Waals surface area contributed by atoms with Gasteiger partial charge in [-0.2, -0.15) is 0 Å². The van der Waals surface area contributed by atoms with Gasteiger partial charge in [-0.05, 0) is 68.8 Å². The highest BCUT2D eigenvalue weighted by molar-refractivity contribution is 5.23. The Morgan fingerprint density at radius 2 is 2.11 bits per heavy atom. The Morgan fingerprint density at radius 1 is 1.26 bits per heavy atom. The Balaban J connectivity index is 1.63. The summed E-state index contributed by atoms with van der Waals surface area (Å²) in [5.74, 6) is 0. The van der Waals surface area contributed by atoms with Gasteiger partial charge in [0.25, 0.3) is 0 Å². The first-order chi connectivity index (χ1) is 13.2. The summed E-state index contributed by atoms with van der Waals surface area (Å²) >= 11 is 0. The summed E-state index contributed by atoms with van der Waals surface area (Å²) in [4.78, 5) is 6.91. The monoisotopic (exact) mass is 368 g/mol. The van der Waals surface area contributed by atoms with Gasteiger partial charge in [0.2, 0.25) is 0 Å².